The monoisotopic (exact) mass is 621 g/mol. The zero-order chi connectivity index (χ0) is 31.9. The molecular weight excluding hydrogens is 573 g/mol. The van der Waals surface area contributed by atoms with Gasteiger partial charge in [0.15, 0.2) is 11.8 Å². The highest BCUT2D eigenvalue weighted by atomic mass is 19.1. The molecule has 1 saturated carbocycles. The summed E-state index contributed by atoms with van der Waals surface area (Å²) >= 11 is 0. The van der Waals surface area contributed by atoms with Crippen LogP contribution in [0.4, 0.5) is 10.2 Å². The molecule has 1 unspecified atom stereocenters. The molecule has 5 heterocycles. The van der Waals surface area contributed by atoms with Crippen LogP contribution >= 0.6 is 0 Å². The molecule has 1 atom stereocenters. The van der Waals surface area contributed by atoms with E-state index in [2.05, 4.69) is 16.7 Å². The third-order valence-corrected chi connectivity index (χ3v) is 9.44. The number of aryl methyl sites for hydroxylation is 2. The molecule has 10 heteroatoms. The largest absolute Gasteiger partial charge is 0.479 e. The van der Waals surface area contributed by atoms with Crippen LogP contribution in [-0.4, -0.2) is 67.5 Å². The Kier molecular flexibility index (Phi) is 8.93. The first-order chi connectivity index (χ1) is 21.4. The number of piperidine rings is 1. The van der Waals surface area contributed by atoms with Crippen molar-refractivity contribution in [2.45, 2.75) is 122 Å². The number of fused-ring (bicyclic) bond motifs is 9. The summed E-state index contributed by atoms with van der Waals surface area (Å²) in [5.74, 6) is -0.500. The molecule has 2 fully saturated rings. The van der Waals surface area contributed by atoms with Gasteiger partial charge >= 0.3 is 5.97 Å². The summed E-state index contributed by atoms with van der Waals surface area (Å²) in [6.45, 7) is 13.1. The van der Waals surface area contributed by atoms with Gasteiger partial charge in [0.2, 0.25) is 0 Å². The molecule has 3 aromatic rings. The van der Waals surface area contributed by atoms with Gasteiger partial charge in [-0.1, -0.05) is 12.5 Å². The zero-order valence-corrected chi connectivity index (χ0v) is 27.4. The molecule has 1 saturated heterocycles. The zero-order valence-electron chi connectivity index (χ0n) is 27.4. The van der Waals surface area contributed by atoms with Crippen LogP contribution < -0.4 is 4.90 Å². The van der Waals surface area contributed by atoms with Gasteiger partial charge in [-0.2, -0.15) is 9.61 Å². The molecule has 9 nitrogen and oxygen atoms in total. The van der Waals surface area contributed by atoms with Crippen LogP contribution in [-0.2, 0) is 33.8 Å². The van der Waals surface area contributed by atoms with Crippen LogP contribution in [0.3, 0.4) is 0 Å². The van der Waals surface area contributed by atoms with Gasteiger partial charge in [-0.25, -0.2) is 14.2 Å². The Labute approximate surface area is 265 Å². The Morgan fingerprint density at radius 2 is 1.87 bits per heavy atom. The number of rotatable bonds is 4. The van der Waals surface area contributed by atoms with E-state index in [1.54, 1.807) is 12.1 Å². The molecule has 0 radical (unpaired) electrons. The topological polar surface area (TPSA) is 92.4 Å². The van der Waals surface area contributed by atoms with Gasteiger partial charge in [0.25, 0.3) is 0 Å². The first kappa shape index (κ1) is 31.9. The van der Waals surface area contributed by atoms with Gasteiger partial charge in [0, 0.05) is 50.6 Å². The molecule has 7 rings (SSSR count). The number of benzene rings is 1. The Morgan fingerprint density at radius 3 is 2.56 bits per heavy atom. The SMILES string of the molecule is Cc1nc2cc3nn2c(c1C(OC(C)(C)C)C(=O)O)N1CCC(C)(CC1)OCCCCCc1cc(F)ccc1CN(C1CC1)C3. The summed E-state index contributed by atoms with van der Waals surface area (Å²) in [7, 11) is 0. The lowest BCUT2D eigenvalue weighted by atomic mass is 9.92. The molecular formula is C35H48FN5O4. The molecule has 0 amide bonds. The third-order valence-electron chi connectivity index (χ3n) is 9.44. The van der Waals surface area contributed by atoms with E-state index in [-0.39, 0.29) is 11.4 Å². The minimum absolute atomic E-state index is 0.188. The second-order valence-corrected chi connectivity index (χ2v) is 14.4. The van der Waals surface area contributed by atoms with E-state index < -0.39 is 17.7 Å². The normalized spacial score (nSPS) is 20.9. The molecule has 4 bridgehead atoms. The maximum Gasteiger partial charge on any atom is 0.337 e. The molecule has 0 spiro atoms. The standard InChI is InChI=1S/C35H48FN5O4/c1-23-30(31(33(42)43)45-34(2,3)4)32-39-16-14-35(5,15-17-39)44-18-8-6-7-9-24-19-26(36)11-10-25(24)21-40(28-12-13-28)22-27-20-29(37-23)41(32)38-27/h10-11,19-20,28,31H,6-9,12-18,21-22H2,1-5H3,(H,42,43). The fraction of sp³-hybridized carbons (Fsp3) is 0.629. The maximum atomic E-state index is 14.4. The number of carboxylic acids is 1. The predicted molar refractivity (Wildman–Crippen MR) is 171 cm³/mol. The minimum Gasteiger partial charge on any atom is -0.479 e. The lowest BCUT2D eigenvalue weighted by Crippen LogP contribution is -2.46. The molecule has 45 heavy (non-hydrogen) atoms. The third kappa shape index (κ3) is 7.34. The van der Waals surface area contributed by atoms with Gasteiger partial charge < -0.3 is 19.5 Å². The molecule has 2 aromatic heterocycles. The second-order valence-electron chi connectivity index (χ2n) is 14.4. The number of carbonyl (C=O) groups is 1. The van der Waals surface area contributed by atoms with Crippen molar-refractivity contribution in [3.63, 3.8) is 0 Å². The van der Waals surface area contributed by atoms with Crippen molar-refractivity contribution in [2.75, 3.05) is 24.6 Å². The van der Waals surface area contributed by atoms with Gasteiger partial charge in [-0.05, 0) is 103 Å². The molecule has 1 aromatic carbocycles. The Hall–Kier alpha value is -3.08. The smallest absolute Gasteiger partial charge is 0.337 e. The van der Waals surface area contributed by atoms with E-state index in [9.17, 15) is 14.3 Å². The summed E-state index contributed by atoms with van der Waals surface area (Å²) in [6.07, 6.45) is 6.53. The van der Waals surface area contributed by atoms with E-state index in [0.717, 1.165) is 75.0 Å². The summed E-state index contributed by atoms with van der Waals surface area (Å²) in [5.41, 5.74) is 4.05. The van der Waals surface area contributed by atoms with Gasteiger partial charge in [-0.15, -0.1) is 0 Å². The highest BCUT2D eigenvalue weighted by Gasteiger charge is 2.38. The van der Waals surface area contributed by atoms with E-state index in [1.165, 1.54) is 5.56 Å². The number of anilines is 1. The quantitative estimate of drug-likeness (QED) is 0.359. The van der Waals surface area contributed by atoms with Gasteiger partial charge in [0.1, 0.15) is 11.6 Å². The number of nitrogens with zero attached hydrogens (tertiary/aromatic N) is 5. The lowest BCUT2D eigenvalue weighted by molar-refractivity contribution is -0.160. The average molecular weight is 622 g/mol. The minimum atomic E-state index is -1.20. The number of aromatic nitrogens is 3. The highest BCUT2D eigenvalue weighted by molar-refractivity contribution is 5.78. The summed E-state index contributed by atoms with van der Waals surface area (Å²) in [6, 6.07) is 7.70. The number of hydrogen-bond donors (Lipinski definition) is 1. The Morgan fingerprint density at radius 1 is 1.11 bits per heavy atom. The van der Waals surface area contributed by atoms with Crippen molar-refractivity contribution < 1.29 is 23.8 Å². The van der Waals surface area contributed by atoms with Crippen molar-refractivity contribution in [1.29, 1.82) is 0 Å². The van der Waals surface area contributed by atoms with Crippen LogP contribution in [0.2, 0.25) is 0 Å². The van der Waals surface area contributed by atoms with Crippen molar-refractivity contribution in [2.24, 2.45) is 0 Å². The Balaban J connectivity index is 1.45. The molecule has 1 aliphatic carbocycles. The van der Waals surface area contributed by atoms with Crippen LogP contribution in [0, 0.1) is 12.7 Å². The van der Waals surface area contributed by atoms with Crippen LogP contribution in [0.25, 0.3) is 5.65 Å². The van der Waals surface area contributed by atoms with E-state index >= 15 is 0 Å². The number of halogens is 1. The molecule has 1 N–H and O–H groups in total. The Bertz CT molecular complexity index is 1540. The highest BCUT2D eigenvalue weighted by Crippen LogP contribution is 2.38. The van der Waals surface area contributed by atoms with E-state index in [0.29, 0.717) is 49.2 Å². The molecule has 3 aliphatic heterocycles. The van der Waals surface area contributed by atoms with Crippen molar-refractivity contribution in [3.8, 4) is 0 Å². The van der Waals surface area contributed by atoms with Crippen molar-refractivity contribution in [3.05, 3.63) is 58.2 Å². The molecule has 4 aliphatic rings. The summed E-state index contributed by atoms with van der Waals surface area (Å²) in [4.78, 5) is 22.4. The number of hydrogen-bond acceptors (Lipinski definition) is 7. The first-order valence-corrected chi connectivity index (χ1v) is 16.6. The second kappa shape index (κ2) is 12.6. The van der Waals surface area contributed by atoms with Crippen molar-refractivity contribution >= 4 is 17.4 Å². The molecule has 244 valence electrons. The van der Waals surface area contributed by atoms with Crippen molar-refractivity contribution in [1.82, 2.24) is 19.5 Å². The maximum absolute atomic E-state index is 14.4. The van der Waals surface area contributed by atoms with E-state index in [4.69, 9.17) is 19.6 Å². The number of ether oxygens (including phenoxy) is 2. The van der Waals surface area contributed by atoms with Crippen LogP contribution in [0.1, 0.15) is 107 Å². The van der Waals surface area contributed by atoms with Gasteiger partial charge in [-0.3, -0.25) is 4.90 Å². The van der Waals surface area contributed by atoms with Crippen LogP contribution in [0.5, 0.6) is 0 Å². The average Bonchev–Trinajstić information content (AvgIpc) is 3.74. The predicted octanol–water partition coefficient (Wildman–Crippen LogP) is 6.38. The summed E-state index contributed by atoms with van der Waals surface area (Å²) < 4.78 is 28.9. The number of carboxylic acid groups (broad SMARTS) is 1. The van der Waals surface area contributed by atoms with E-state index in [1.807, 2.05) is 44.3 Å². The summed E-state index contributed by atoms with van der Waals surface area (Å²) in [5, 5.41) is 15.5. The first-order valence-electron chi connectivity index (χ1n) is 16.6. The van der Waals surface area contributed by atoms with Crippen LogP contribution in [0.15, 0.2) is 24.3 Å². The fourth-order valence-electron chi connectivity index (χ4n) is 6.85. The fourth-order valence-corrected chi connectivity index (χ4v) is 6.85. The lowest BCUT2D eigenvalue weighted by Gasteiger charge is -2.41. The number of aliphatic carboxylic acids is 1. The van der Waals surface area contributed by atoms with Gasteiger partial charge in [0.05, 0.1) is 22.5 Å².